The van der Waals surface area contributed by atoms with Gasteiger partial charge in [0, 0.05) is 23.8 Å². The molecule has 2 aromatic heterocycles. The number of anilines is 1. The van der Waals surface area contributed by atoms with E-state index in [1.165, 1.54) is 12.3 Å². The predicted molar refractivity (Wildman–Crippen MR) is 63.9 cm³/mol. The maximum Gasteiger partial charge on any atom is 0.250 e. The van der Waals surface area contributed by atoms with E-state index >= 15 is 0 Å². The molecule has 0 radical (unpaired) electrons. The Morgan fingerprint density at radius 2 is 2.35 bits per heavy atom. The maximum atomic E-state index is 11.8. The molecule has 0 atom stereocenters. The van der Waals surface area contributed by atoms with Crippen LogP contribution < -0.4 is 10.5 Å². The Morgan fingerprint density at radius 3 is 2.94 bits per heavy atom. The summed E-state index contributed by atoms with van der Waals surface area (Å²) in [5.74, 6) is 0. The summed E-state index contributed by atoms with van der Waals surface area (Å²) >= 11 is 1.09. The SMILES string of the molecule is Nc1csc(S(=O)(=O)NCCn2ccnn2)c1. The third-order valence-electron chi connectivity index (χ3n) is 1.97. The Morgan fingerprint density at radius 1 is 1.53 bits per heavy atom. The Hall–Kier alpha value is -1.45. The molecule has 0 fully saturated rings. The van der Waals surface area contributed by atoms with E-state index < -0.39 is 10.0 Å². The van der Waals surface area contributed by atoms with E-state index in [1.54, 1.807) is 16.3 Å². The second-order valence-corrected chi connectivity index (χ2v) is 6.17. The van der Waals surface area contributed by atoms with E-state index in [9.17, 15) is 8.42 Å². The van der Waals surface area contributed by atoms with E-state index in [2.05, 4.69) is 15.0 Å². The summed E-state index contributed by atoms with van der Waals surface area (Å²) in [6, 6.07) is 1.43. The van der Waals surface area contributed by atoms with Crippen LogP contribution in [-0.2, 0) is 16.6 Å². The molecule has 0 aliphatic carbocycles. The van der Waals surface area contributed by atoms with Gasteiger partial charge < -0.3 is 5.73 Å². The van der Waals surface area contributed by atoms with Crippen LogP contribution in [0.5, 0.6) is 0 Å². The molecule has 9 heteroatoms. The number of hydrogen-bond acceptors (Lipinski definition) is 6. The third-order valence-corrected chi connectivity index (χ3v) is 4.88. The van der Waals surface area contributed by atoms with Crippen molar-refractivity contribution in [2.24, 2.45) is 0 Å². The summed E-state index contributed by atoms with van der Waals surface area (Å²) in [7, 11) is -3.47. The van der Waals surface area contributed by atoms with Gasteiger partial charge in [0.15, 0.2) is 0 Å². The monoisotopic (exact) mass is 273 g/mol. The molecule has 17 heavy (non-hydrogen) atoms. The van der Waals surface area contributed by atoms with Crippen LogP contribution in [0, 0.1) is 0 Å². The van der Waals surface area contributed by atoms with Gasteiger partial charge in [-0.3, -0.25) is 4.68 Å². The fourth-order valence-corrected chi connectivity index (χ4v) is 3.33. The van der Waals surface area contributed by atoms with Crippen molar-refractivity contribution >= 4 is 27.0 Å². The quantitative estimate of drug-likeness (QED) is 0.792. The molecular formula is C8H11N5O2S2. The molecule has 92 valence electrons. The lowest BCUT2D eigenvalue weighted by Gasteiger charge is -2.04. The summed E-state index contributed by atoms with van der Waals surface area (Å²) in [4.78, 5) is 0. The molecule has 0 saturated heterocycles. The van der Waals surface area contributed by atoms with Crippen LogP contribution in [-0.4, -0.2) is 30.0 Å². The number of hydrogen-bond donors (Lipinski definition) is 2. The summed E-state index contributed by atoms with van der Waals surface area (Å²) < 4.78 is 27.8. The van der Waals surface area contributed by atoms with E-state index in [1.807, 2.05) is 0 Å². The van der Waals surface area contributed by atoms with E-state index in [0.717, 1.165) is 11.3 Å². The summed E-state index contributed by atoms with van der Waals surface area (Å²) in [6.45, 7) is 0.684. The van der Waals surface area contributed by atoms with Crippen molar-refractivity contribution in [3.8, 4) is 0 Å². The van der Waals surface area contributed by atoms with Gasteiger partial charge in [-0.15, -0.1) is 16.4 Å². The average molecular weight is 273 g/mol. The number of rotatable bonds is 5. The second-order valence-electron chi connectivity index (χ2n) is 3.26. The van der Waals surface area contributed by atoms with Gasteiger partial charge in [-0.2, -0.15) is 0 Å². The molecule has 3 N–H and O–H groups in total. The van der Waals surface area contributed by atoms with Crippen molar-refractivity contribution in [2.75, 3.05) is 12.3 Å². The second kappa shape index (κ2) is 4.82. The first-order valence-corrected chi connectivity index (χ1v) is 7.12. The van der Waals surface area contributed by atoms with Crippen LogP contribution in [0.3, 0.4) is 0 Å². The van der Waals surface area contributed by atoms with Gasteiger partial charge in [0.05, 0.1) is 12.7 Å². The molecular weight excluding hydrogens is 262 g/mol. The zero-order valence-corrected chi connectivity index (χ0v) is 10.4. The number of nitrogens with zero attached hydrogens (tertiary/aromatic N) is 3. The molecule has 0 aliphatic heterocycles. The highest BCUT2D eigenvalue weighted by atomic mass is 32.2. The zero-order valence-electron chi connectivity index (χ0n) is 8.78. The normalized spacial score (nSPS) is 11.8. The van der Waals surface area contributed by atoms with Crippen LogP contribution in [0.15, 0.2) is 28.0 Å². The van der Waals surface area contributed by atoms with Crippen molar-refractivity contribution in [2.45, 2.75) is 10.8 Å². The fourth-order valence-electron chi connectivity index (χ4n) is 1.19. The lowest BCUT2D eigenvalue weighted by Crippen LogP contribution is -2.27. The molecule has 2 rings (SSSR count). The predicted octanol–water partition coefficient (Wildman–Crippen LogP) is -0.0997. The Kier molecular flexibility index (Phi) is 3.41. The number of nitrogens with two attached hydrogens (primary N) is 1. The first-order valence-electron chi connectivity index (χ1n) is 4.76. The lowest BCUT2D eigenvalue weighted by molar-refractivity contribution is 0.554. The summed E-state index contributed by atoms with van der Waals surface area (Å²) in [6.07, 6.45) is 3.20. The highest BCUT2D eigenvalue weighted by molar-refractivity contribution is 7.91. The Balaban J connectivity index is 1.94. The molecule has 2 heterocycles. The lowest BCUT2D eigenvalue weighted by atomic mass is 10.6. The van der Waals surface area contributed by atoms with Crippen LogP contribution in [0.4, 0.5) is 5.69 Å². The summed E-state index contributed by atoms with van der Waals surface area (Å²) in [5.41, 5.74) is 5.93. The van der Waals surface area contributed by atoms with Gasteiger partial charge in [0.1, 0.15) is 4.21 Å². The van der Waals surface area contributed by atoms with Gasteiger partial charge in [0.25, 0.3) is 0 Å². The smallest absolute Gasteiger partial charge is 0.250 e. The molecule has 2 aromatic rings. The molecule has 0 aromatic carbocycles. The van der Waals surface area contributed by atoms with E-state index in [0.29, 0.717) is 12.2 Å². The number of sulfonamides is 1. The van der Waals surface area contributed by atoms with Crippen LogP contribution in [0.1, 0.15) is 0 Å². The van der Waals surface area contributed by atoms with Gasteiger partial charge in [-0.1, -0.05) is 5.21 Å². The van der Waals surface area contributed by atoms with Crippen molar-refractivity contribution in [3.63, 3.8) is 0 Å². The average Bonchev–Trinajstić information content (AvgIpc) is 2.89. The molecule has 0 saturated carbocycles. The largest absolute Gasteiger partial charge is 0.398 e. The number of thiophene rings is 1. The molecule has 7 nitrogen and oxygen atoms in total. The molecule has 0 amide bonds. The molecule has 0 aliphatic rings. The molecule has 0 bridgehead atoms. The standard InChI is InChI=1S/C8H11N5O2S2/c9-7-5-8(16-6-7)17(14,15)11-2-4-13-3-1-10-12-13/h1,3,5-6,11H,2,4,9H2. The highest BCUT2D eigenvalue weighted by Gasteiger charge is 2.15. The third kappa shape index (κ3) is 3.02. The Labute approximate surface area is 102 Å². The maximum absolute atomic E-state index is 11.8. The first-order chi connectivity index (χ1) is 8.08. The zero-order chi connectivity index (χ0) is 12.3. The van der Waals surface area contributed by atoms with E-state index in [4.69, 9.17) is 5.73 Å². The van der Waals surface area contributed by atoms with Gasteiger partial charge >= 0.3 is 0 Å². The summed E-state index contributed by atoms with van der Waals surface area (Å²) in [5, 5.41) is 8.94. The topological polar surface area (TPSA) is 103 Å². The van der Waals surface area contributed by atoms with Crippen LogP contribution in [0.2, 0.25) is 0 Å². The van der Waals surface area contributed by atoms with E-state index in [-0.39, 0.29) is 10.8 Å². The van der Waals surface area contributed by atoms with Crippen LogP contribution >= 0.6 is 11.3 Å². The molecule has 0 unspecified atom stereocenters. The minimum atomic E-state index is -3.47. The highest BCUT2D eigenvalue weighted by Crippen LogP contribution is 2.20. The number of nitrogen functional groups attached to an aromatic ring is 1. The number of nitrogens with one attached hydrogen (secondary N) is 1. The Bertz CT molecular complexity index is 575. The first kappa shape index (κ1) is 12.0. The van der Waals surface area contributed by atoms with Gasteiger partial charge in [0.2, 0.25) is 10.0 Å². The van der Waals surface area contributed by atoms with Crippen molar-refractivity contribution < 1.29 is 8.42 Å². The minimum absolute atomic E-state index is 0.216. The van der Waals surface area contributed by atoms with Crippen molar-refractivity contribution in [1.82, 2.24) is 19.7 Å². The van der Waals surface area contributed by atoms with Crippen molar-refractivity contribution in [1.29, 1.82) is 0 Å². The fraction of sp³-hybridized carbons (Fsp3) is 0.250. The van der Waals surface area contributed by atoms with Gasteiger partial charge in [-0.25, -0.2) is 13.1 Å². The van der Waals surface area contributed by atoms with Crippen LogP contribution in [0.25, 0.3) is 0 Å². The van der Waals surface area contributed by atoms with Gasteiger partial charge in [-0.05, 0) is 6.07 Å². The minimum Gasteiger partial charge on any atom is -0.398 e. The number of aromatic nitrogens is 3. The molecule has 0 spiro atoms. The van der Waals surface area contributed by atoms with Crippen molar-refractivity contribution in [3.05, 3.63) is 23.8 Å².